The highest BCUT2D eigenvalue weighted by Crippen LogP contribution is 2.42. The fourth-order valence-electron chi connectivity index (χ4n) is 3.52. The second kappa shape index (κ2) is 8.50. The van der Waals surface area contributed by atoms with Crippen LogP contribution in [0.3, 0.4) is 0 Å². The van der Waals surface area contributed by atoms with Gasteiger partial charge in [0.2, 0.25) is 0 Å². The lowest BCUT2D eigenvalue weighted by molar-refractivity contribution is -0.132. The number of aromatic nitrogens is 1. The van der Waals surface area contributed by atoms with E-state index in [1.54, 1.807) is 37.3 Å². The number of rotatable bonds is 6. The van der Waals surface area contributed by atoms with E-state index in [9.17, 15) is 19.1 Å². The van der Waals surface area contributed by atoms with Crippen LogP contribution >= 0.6 is 0 Å². The Kier molecular flexibility index (Phi) is 5.59. The number of Topliss-reactive ketones (excluding diaryl/α,β-unsaturated/α-hetero) is 1. The van der Waals surface area contributed by atoms with Gasteiger partial charge in [0.05, 0.1) is 11.6 Å². The highest BCUT2D eigenvalue weighted by atomic mass is 19.1. The summed E-state index contributed by atoms with van der Waals surface area (Å²) < 4.78 is 24.1. The molecule has 1 amide bonds. The van der Waals surface area contributed by atoms with Crippen LogP contribution in [-0.2, 0) is 9.59 Å². The maximum Gasteiger partial charge on any atom is 0.301 e. The zero-order valence-corrected chi connectivity index (χ0v) is 17.1. The lowest BCUT2D eigenvalue weighted by atomic mass is 9.95. The zero-order chi connectivity index (χ0) is 22.8. The number of aliphatic hydroxyl groups is 1. The molecule has 0 aliphatic carbocycles. The molecule has 2 heterocycles. The average Bonchev–Trinajstić information content (AvgIpc) is 3.33. The summed E-state index contributed by atoms with van der Waals surface area (Å²) >= 11 is 0. The standard InChI is InChI=1S/C24H19FN2O5/c1-3-12-31-18-10-6-16(7-11-18)22(28)20-21(15-4-8-17(25)9-5-15)27(24(30)23(20)29)19-13-14(2)32-26-19/h3-11,13,21,28H,1,12H2,2H3/t21-/m1/s1. The largest absolute Gasteiger partial charge is 0.507 e. The SMILES string of the molecule is C=CCOc1ccc(C(O)=C2C(=O)C(=O)N(c3cc(C)on3)[C@@H]2c2ccc(F)cc2)cc1. The second-order valence-corrected chi connectivity index (χ2v) is 7.14. The highest BCUT2D eigenvalue weighted by Gasteiger charge is 2.48. The number of anilines is 1. The van der Waals surface area contributed by atoms with E-state index in [4.69, 9.17) is 9.26 Å². The van der Waals surface area contributed by atoms with Crippen molar-refractivity contribution >= 4 is 23.3 Å². The number of hydrogen-bond acceptors (Lipinski definition) is 6. The topological polar surface area (TPSA) is 92.9 Å². The van der Waals surface area contributed by atoms with Gasteiger partial charge in [0.1, 0.15) is 29.7 Å². The summed E-state index contributed by atoms with van der Waals surface area (Å²) in [7, 11) is 0. The summed E-state index contributed by atoms with van der Waals surface area (Å²) in [6.45, 7) is 5.55. The summed E-state index contributed by atoms with van der Waals surface area (Å²) in [5.74, 6) is -1.49. The maximum atomic E-state index is 13.5. The molecule has 1 saturated heterocycles. The molecule has 0 saturated carbocycles. The number of carbonyl (C=O) groups is 2. The molecule has 3 aromatic rings. The van der Waals surface area contributed by atoms with Gasteiger partial charge in [-0.25, -0.2) is 4.39 Å². The van der Waals surface area contributed by atoms with Crippen molar-refractivity contribution in [3.05, 3.63) is 95.5 Å². The van der Waals surface area contributed by atoms with Crippen molar-refractivity contribution in [1.82, 2.24) is 5.16 Å². The van der Waals surface area contributed by atoms with Gasteiger partial charge in [-0.2, -0.15) is 0 Å². The van der Waals surface area contributed by atoms with Gasteiger partial charge in [0.25, 0.3) is 5.78 Å². The van der Waals surface area contributed by atoms with Gasteiger partial charge in [-0.1, -0.05) is 29.9 Å². The third-order valence-corrected chi connectivity index (χ3v) is 4.99. The van der Waals surface area contributed by atoms with E-state index in [0.717, 1.165) is 4.90 Å². The summed E-state index contributed by atoms with van der Waals surface area (Å²) in [6.07, 6.45) is 1.60. The average molecular weight is 434 g/mol. The normalized spacial score (nSPS) is 17.6. The molecule has 7 nitrogen and oxygen atoms in total. The van der Waals surface area contributed by atoms with E-state index in [-0.39, 0.29) is 17.2 Å². The number of benzene rings is 2. The second-order valence-electron chi connectivity index (χ2n) is 7.14. The molecular formula is C24H19FN2O5. The van der Waals surface area contributed by atoms with Crippen LogP contribution in [0, 0.1) is 12.7 Å². The molecule has 0 unspecified atom stereocenters. The predicted molar refractivity (Wildman–Crippen MR) is 115 cm³/mol. The van der Waals surface area contributed by atoms with Crippen LogP contribution in [0.5, 0.6) is 5.75 Å². The van der Waals surface area contributed by atoms with E-state index in [1.807, 2.05) is 0 Å². The predicted octanol–water partition coefficient (Wildman–Crippen LogP) is 4.31. The Morgan fingerprint density at radius 3 is 2.50 bits per heavy atom. The lowest BCUT2D eigenvalue weighted by Crippen LogP contribution is -2.29. The van der Waals surface area contributed by atoms with Gasteiger partial charge >= 0.3 is 5.91 Å². The minimum absolute atomic E-state index is 0.117. The first-order valence-corrected chi connectivity index (χ1v) is 9.74. The lowest BCUT2D eigenvalue weighted by Gasteiger charge is -2.22. The molecule has 1 atom stereocenters. The van der Waals surface area contributed by atoms with Crippen molar-refractivity contribution in [2.24, 2.45) is 0 Å². The third kappa shape index (κ3) is 3.78. The Morgan fingerprint density at radius 2 is 1.91 bits per heavy atom. The van der Waals surface area contributed by atoms with Crippen LogP contribution in [-0.4, -0.2) is 28.6 Å². The maximum absolute atomic E-state index is 13.5. The first kappa shape index (κ1) is 21.0. The van der Waals surface area contributed by atoms with Crippen molar-refractivity contribution in [2.75, 3.05) is 11.5 Å². The molecule has 162 valence electrons. The molecule has 2 aromatic carbocycles. The van der Waals surface area contributed by atoms with Gasteiger partial charge in [0.15, 0.2) is 5.82 Å². The smallest absolute Gasteiger partial charge is 0.301 e. The summed E-state index contributed by atoms with van der Waals surface area (Å²) in [6, 6.07) is 12.2. The molecule has 0 spiro atoms. The molecular weight excluding hydrogens is 415 g/mol. The van der Waals surface area contributed by atoms with Gasteiger partial charge in [0, 0.05) is 11.6 Å². The van der Waals surface area contributed by atoms with Crippen LogP contribution in [0.4, 0.5) is 10.2 Å². The summed E-state index contributed by atoms with van der Waals surface area (Å²) in [5.41, 5.74) is 0.609. The number of carbonyl (C=O) groups excluding carboxylic acids is 2. The number of ketones is 1. The molecule has 0 radical (unpaired) electrons. The minimum Gasteiger partial charge on any atom is -0.507 e. The van der Waals surface area contributed by atoms with Crippen LogP contribution in [0.25, 0.3) is 5.76 Å². The fraction of sp³-hybridized carbons (Fsp3) is 0.125. The number of amides is 1. The van der Waals surface area contributed by atoms with E-state index in [2.05, 4.69) is 11.7 Å². The molecule has 1 aliphatic rings. The van der Waals surface area contributed by atoms with Crippen LogP contribution in [0.2, 0.25) is 0 Å². The van der Waals surface area contributed by atoms with Crippen molar-refractivity contribution in [1.29, 1.82) is 0 Å². The summed E-state index contributed by atoms with van der Waals surface area (Å²) in [4.78, 5) is 27.1. The molecule has 32 heavy (non-hydrogen) atoms. The first-order valence-electron chi connectivity index (χ1n) is 9.74. The Labute approximate surface area is 183 Å². The minimum atomic E-state index is -1.02. The third-order valence-electron chi connectivity index (χ3n) is 4.99. The summed E-state index contributed by atoms with van der Waals surface area (Å²) in [5, 5.41) is 14.9. The number of aliphatic hydroxyl groups excluding tert-OH is 1. The molecule has 1 fully saturated rings. The Bertz CT molecular complexity index is 1210. The highest BCUT2D eigenvalue weighted by molar-refractivity contribution is 6.51. The Balaban J connectivity index is 1.84. The van der Waals surface area contributed by atoms with E-state index >= 15 is 0 Å². The molecule has 1 aromatic heterocycles. The molecule has 1 N–H and O–H groups in total. The Morgan fingerprint density at radius 1 is 1.22 bits per heavy atom. The van der Waals surface area contributed by atoms with Gasteiger partial charge in [-0.05, 0) is 48.9 Å². The van der Waals surface area contributed by atoms with Crippen molar-refractivity contribution in [3.63, 3.8) is 0 Å². The van der Waals surface area contributed by atoms with E-state index in [0.29, 0.717) is 29.2 Å². The van der Waals surface area contributed by atoms with Crippen molar-refractivity contribution in [3.8, 4) is 5.75 Å². The van der Waals surface area contributed by atoms with Gasteiger partial charge < -0.3 is 14.4 Å². The number of ether oxygens (including phenoxy) is 1. The molecule has 4 rings (SSSR count). The molecule has 8 heteroatoms. The number of halogens is 1. The monoisotopic (exact) mass is 434 g/mol. The van der Waals surface area contributed by atoms with Crippen LogP contribution in [0.1, 0.15) is 22.9 Å². The Hall–Kier alpha value is -4.20. The quantitative estimate of drug-likeness (QED) is 0.269. The van der Waals surface area contributed by atoms with Crippen molar-refractivity contribution < 1.29 is 28.3 Å². The van der Waals surface area contributed by atoms with Crippen LogP contribution in [0.15, 0.2) is 77.3 Å². The number of nitrogens with zero attached hydrogens (tertiary/aromatic N) is 2. The first-order chi connectivity index (χ1) is 15.4. The van der Waals surface area contributed by atoms with Gasteiger partial charge in [-0.3, -0.25) is 14.5 Å². The number of hydrogen-bond donors (Lipinski definition) is 1. The van der Waals surface area contributed by atoms with E-state index < -0.39 is 23.5 Å². The fourth-order valence-corrected chi connectivity index (χ4v) is 3.52. The molecule has 0 bridgehead atoms. The van der Waals surface area contributed by atoms with Crippen molar-refractivity contribution in [2.45, 2.75) is 13.0 Å². The number of aryl methyl sites for hydroxylation is 1. The molecule has 1 aliphatic heterocycles. The van der Waals surface area contributed by atoms with Gasteiger partial charge in [-0.15, -0.1) is 0 Å². The zero-order valence-electron chi connectivity index (χ0n) is 17.1. The van der Waals surface area contributed by atoms with Crippen LogP contribution < -0.4 is 9.64 Å². The van der Waals surface area contributed by atoms with E-state index in [1.165, 1.54) is 30.3 Å².